The van der Waals surface area contributed by atoms with Gasteiger partial charge in [0.15, 0.2) is 16.8 Å². The summed E-state index contributed by atoms with van der Waals surface area (Å²) in [6.45, 7) is 0.749. The topological polar surface area (TPSA) is 87.7 Å². The number of aromatic nitrogens is 6. The molecule has 208 valence electrons. The van der Waals surface area contributed by atoms with Crippen molar-refractivity contribution in [1.29, 1.82) is 0 Å². The quantitative estimate of drug-likeness (QED) is 0.121. The zero-order valence-electron chi connectivity index (χ0n) is 22.4. The number of para-hydroxylation sites is 1. The Morgan fingerprint density at radius 3 is 2.31 bits per heavy atom. The maximum Gasteiger partial charge on any atom is 0.192 e. The number of rotatable bonds is 11. The van der Waals surface area contributed by atoms with Crippen LogP contribution in [-0.2, 0) is 13.2 Å². The molecule has 0 atom stereocenters. The average Bonchev–Trinajstić information content (AvgIpc) is 3.67. The molecule has 2 aromatic heterocycles. The summed E-state index contributed by atoms with van der Waals surface area (Å²) in [6.07, 6.45) is 1.82. The van der Waals surface area contributed by atoms with Crippen LogP contribution in [-0.4, -0.2) is 41.3 Å². The number of hydrogen-bond donors (Lipinski definition) is 0. The Morgan fingerprint density at radius 1 is 0.810 bits per heavy atom. The zero-order valence-corrected chi connectivity index (χ0v) is 23.9. The van der Waals surface area contributed by atoms with E-state index in [0.717, 1.165) is 16.8 Å². The largest absolute Gasteiger partial charge is 0.486 e. The number of carbonyl (C=O) groups is 1. The molecule has 8 nitrogen and oxygen atoms in total. The SMILES string of the molecule is O=C(CSc1nnc(-c2ccccc2OCc2cn(-c3ccc(Cl)cc3)nn2)n1Cc1ccccc1)c1ccccc1. The van der Waals surface area contributed by atoms with Crippen LogP contribution in [0.3, 0.4) is 0 Å². The maximum atomic E-state index is 12.8. The van der Waals surface area contributed by atoms with Gasteiger partial charge in [-0.15, -0.1) is 15.3 Å². The van der Waals surface area contributed by atoms with E-state index >= 15 is 0 Å². The number of ketones is 1. The molecule has 0 saturated heterocycles. The van der Waals surface area contributed by atoms with Crippen molar-refractivity contribution in [3.05, 3.63) is 137 Å². The third kappa shape index (κ3) is 6.43. The van der Waals surface area contributed by atoms with Gasteiger partial charge < -0.3 is 4.74 Å². The lowest BCUT2D eigenvalue weighted by Crippen LogP contribution is -2.07. The molecule has 6 rings (SSSR count). The molecule has 0 aliphatic heterocycles. The minimum atomic E-state index is 0.0341. The first-order valence-corrected chi connectivity index (χ1v) is 14.6. The third-order valence-corrected chi connectivity index (χ3v) is 7.68. The second kappa shape index (κ2) is 12.8. The first kappa shape index (κ1) is 27.4. The van der Waals surface area contributed by atoms with E-state index in [2.05, 4.69) is 32.6 Å². The smallest absolute Gasteiger partial charge is 0.192 e. The van der Waals surface area contributed by atoms with Crippen molar-refractivity contribution in [2.24, 2.45) is 0 Å². The molecule has 42 heavy (non-hydrogen) atoms. The first-order chi connectivity index (χ1) is 20.6. The minimum Gasteiger partial charge on any atom is -0.486 e. The van der Waals surface area contributed by atoms with Gasteiger partial charge in [-0.25, -0.2) is 4.68 Å². The van der Waals surface area contributed by atoms with Gasteiger partial charge in [-0.1, -0.05) is 101 Å². The second-order valence-electron chi connectivity index (χ2n) is 9.37. The Morgan fingerprint density at radius 2 is 1.52 bits per heavy atom. The highest BCUT2D eigenvalue weighted by atomic mass is 35.5. The fourth-order valence-electron chi connectivity index (χ4n) is 4.35. The number of carbonyl (C=O) groups excluding carboxylic acids is 1. The number of nitrogens with zero attached hydrogens (tertiary/aromatic N) is 6. The van der Waals surface area contributed by atoms with Gasteiger partial charge in [0.05, 0.1) is 29.7 Å². The van der Waals surface area contributed by atoms with Crippen molar-refractivity contribution in [2.45, 2.75) is 18.3 Å². The molecule has 0 aliphatic carbocycles. The van der Waals surface area contributed by atoms with Crippen LogP contribution in [0.4, 0.5) is 0 Å². The van der Waals surface area contributed by atoms with Crippen molar-refractivity contribution >= 4 is 29.1 Å². The summed E-state index contributed by atoms with van der Waals surface area (Å²) in [7, 11) is 0. The summed E-state index contributed by atoms with van der Waals surface area (Å²) >= 11 is 7.38. The van der Waals surface area contributed by atoms with E-state index in [4.69, 9.17) is 16.3 Å². The highest BCUT2D eigenvalue weighted by Crippen LogP contribution is 2.32. The molecule has 4 aromatic carbocycles. The van der Waals surface area contributed by atoms with Gasteiger partial charge in [0, 0.05) is 10.6 Å². The first-order valence-electron chi connectivity index (χ1n) is 13.2. The summed E-state index contributed by atoms with van der Waals surface area (Å²) in [5.41, 5.74) is 4.06. The van der Waals surface area contributed by atoms with Gasteiger partial charge in [-0.3, -0.25) is 9.36 Å². The molecular weight excluding hydrogens is 568 g/mol. The molecule has 0 radical (unpaired) electrons. The lowest BCUT2D eigenvalue weighted by molar-refractivity contribution is 0.102. The van der Waals surface area contributed by atoms with Crippen LogP contribution in [0.1, 0.15) is 21.6 Å². The lowest BCUT2D eigenvalue weighted by atomic mass is 10.1. The molecule has 6 aromatic rings. The van der Waals surface area contributed by atoms with Crippen LogP contribution in [0.15, 0.2) is 121 Å². The van der Waals surface area contributed by atoms with Crippen molar-refractivity contribution in [3.63, 3.8) is 0 Å². The minimum absolute atomic E-state index is 0.0341. The Labute approximate surface area is 252 Å². The molecule has 0 unspecified atom stereocenters. The predicted octanol–water partition coefficient (Wildman–Crippen LogP) is 6.78. The van der Waals surface area contributed by atoms with E-state index in [-0.39, 0.29) is 18.1 Å². The van der Waals surface area contributed by atoms with Gasteiger partial charge in [-0.05, 0) is 42.0 Å². The summed E-state index contributed by atoms with van der Waals surface area (Å²) in [6, 6.07) is 34.4. The van der Waals surface area contributed by atoms with E-state index in [9.17, 15) is 4.79 Å². The summed E-state index contributed by atoms with van der Waals surface area (Å²) < 4.78 is 9.94. The van der Waals surface area contributed by atoms with E-state index in [0.29, 0.717) is 39.6 Å². The molecule has 10 heteroatoms. The van der Waals surface area contributed by atoms with Crippen molar-refractivity contribution in [3.8, 4) is 22.8 Å². The van der Waals surface area contributed by atoms with Gasteiger partial charge in [0.25, 0.3) is 0 Å². The highest BCUT2D eigenvalue weighted by Gasteiger charge is 2.20. The van der Waals surface area contributed by atoms with Gasteiger partial charge in [0.1, 0.15) is 18.1 Å². The van der Waals surface area contributed by atoms with E-state index in [1.165, 1.54) is 11.8 Å². The van der Waals surface area contributed by atoms with Gasteiger partial charge >= 0.3 is 0 Å². The van der Waals surface area contributed by atoms with E-state index in [1.807, 2.05) is 95.7 Å². The van der Waals surface area contributed by atoms with E-state index < -0.39 is 0 Å². The molecule has 0 spiro atoms. The molecule has 0 N–H and O–H groups in total. The number of Topliss-reactive ketones (excluding diaryl/α,β-unsaturated/α-hetero) is 1. The molecule has 0 aliphatic rings. The molecule has 0 bridgehead atoms. The Bertz CT molecular complexity index is 1790. The molecule has 0 amide bonds. The van der Waals surface area contributed by atoms with Gasteiger partial charge in [-0.2, -0.15) is 0 Å². The Kier molecular flexibility index (Phi) is 8.39. The number of ether oxygens (including phenoxy) is 1. The van der Waals surface area contributed by atoms with Gasteiger partial charge in [0.2, 0.25) is 0 Å². The fourth-order valence-corrected chi connectivity index (χ4v) is 5.31. The van der Waals surface area contributed by atoms with Crippen LogP contribution in [0, 0.1) is 0 Å². The van der Waals surface area contributed by atoms with Crippen molar-refractivity contribution < 1.29 is 9.53 Å². The predicted molar refractivity (Wildman–Crippen MR) is 163 cm³/mol. The van der Waals surface area contributed by atoms with Crippen molar-refractivity contribution in [2.75, 3.05) is 5.75 Å². The summed E-state index contributed by atoms with van der Waals surface area (Å²) in [4.78, 5) is 12.8. The second-order valence-corrected chi connectivity index (χ2v) is 10.8. The average molecular weight is 593 g/mol. The molecule has 0 fully saturated rings. The Hall–Kier alpha value is -4.73. The molecular formula is C32H25ClN6O2S. The van der Waals surface area contributed by atoms with Crippen LogP contribution < -0.4 is 4.74 Å². The number of hydrogen-bond acceptors (Lipinski definition) is 7. The number of thioether (sulfide) groups is 1. The number of halogens is 1. The highest BCUT2D eigenvalue weighted by molar-refractivity contribution is 7.99. The number of benzene rings is 4. The third-order valence-electron chi connectivity index (χ3n) is 6.46. The monoisotopic (exact) mass is 592 g/mol. The van der Waals surface area contributed by atoms with Crippen LogP contribution in [0.25, 0.3) is 17.1 Å². The standard InChI is InChI=1S/C32H25ClN6O2S/c33-25-15-17-27(18-16-25)39-20-26(34-37-39)21-41-30-14-8-7-13-28(30)31-35-36-32(38(31)19-23-9-3-1-4-10-23)42-22-29(40)24-11-5-2-6-12-24/h1-18,20H,19,21-22H2. The fraction of sp³-hybridized carbons (Fsp3) is 0.0938. The lowest BCUT2D eigenvalue weighted by Gasteiger charge is -2.13. The summed E-state index contributed by atoms with van der Waals surface area (Å²) in [5.74, 6) is 1.57. The van der Waals surface area contributed by atoms with Crippen LogP contribution in [0.5, 0.6) is 5.75 Å². The molecule has 2 heterocycles. The zero-order chi connectivity index (χ0) is 28.7. The van der Waals surface area contributed by atoms with Crippen LogP contribution in [0.2, 0.25) is 5.02 Å². The normalized spacial score (nSPS) is 11.0. The van der Waals surface area contributed by atoms with Crippen LogP contribution >= 0.6 is 23.4 Å². The Balaban J connectivity index is 1.25. The van der Waals surface area contributed by atoms with Crippen molar-refractivity contribution in [1.82, 2.24) is 29.8 Å². The summed E-state index contributed by atoms with van der Waals surface area (Å²) in [5, 5.41) is 18.8. The van der Waals surface area contributed by atoms with E-state index in [1.54, 1.807) is 16.8 Å². The molecule has 0 saturated carbocycles. The maximum absolute atomic E-state index is 12.8.